The normalized spacial score (nSPS) is 11.7. The molecule has 4 rings (SSSR count). The third-order valence-corrected chi connectivity index (χ3v) is 4.17. The summed E-state index contributed by atoms with van der Waals surface area (Å²) in [5.41, 5.74) is 1.42. The van der Waals surface area contributed by atoms with Crippen LogP contribution in [-0.4, -0.2) is 26.8 Å². The first kappa shape index (κ1) is 18.5. The topological polar surface area (TPSA) is 89.0 Å². The van der Waals surface area contributed by atoms with Crippen molar-refractivity contribution in [2.45, 2.75) is 12.9 Å². The maximum Gasteiger partial charge on any atom is 0.573 e. The first-order chi connectivity index (χ1) is 13.8. The maximum absolute atomic E-state index is 12.7. The van der Waals surface area contributed by atoms with Gasteiger partial charge >= 0.3 is 6.36 Å². The van der Waals surface area contributed by atoms with Gasteiger partial charge in [0, 0.05) is 16.6 Å². The smallest absolute Gasteiger partial charge is 0.406 e. The number of halogens is 3. The summed E-state index contributed by atoms with van der Waals surface area (Å²) in [6.07, 6.45) is -3.51. The molecule has 0 unspecified atom stereocenters. The van der Waals surface area contributed by atoms with Gasteiger partial charge in [0.15, 0.2) is 0 Å². The van der Waals surface area contributed by atoms with Crippen LogP contribution in [0.15, 0.2) is 59.7 Å². The SMILES string of the molecule is O=C(Cn1cnc2c([nH]c3ccccc32)c1=O)Nc1ccc(OC(F)(F)F)cc1. The molecule has 148 valence electrons. The van der Waals surface area contributed by atoms with Crippen molar-refractivity contribution in [3.05, 3.63) is 65.2 Å². The predicted molar refractivity (Wildman–Crippen MR) is 99.6 cm³/mol. The fourth-order valence-corrected chi connectivity index (χ4v) is 2.95. The third-order valence-electron chi connectivity index (χ3n) is 4.17. The largest absolute Gasteiger partial charge is 0.573 e. The average Bonchev–Trinajstić information content (AvgIpc) is 3.04. The summed E-state index contributed by atoms with van der Waals surface area (Å²) in [7, 11) is 0. The molecule has 0 aliphatic rings. The van der Waals surface area contributed by atoms with Gasteiger partial charge in [-0.3, -0.25) is 14.2 Å². The number of carbonyl (C=O) groups excluding carboxylic acids is 1. The first-order valence-electron chi connectivity index (χ1n) is 8.42. The molecule has 0 saturated heterocycles. The van der Waals surface area contributed by atoms with Gasteiger partial charge in [-0.1, -0.05) is 18.2 Å². The highest BCUT2D eigenvalue weighted by molar-refractivity contribution is 6.04. The van der Waals surface area contributed by atoms with Gasteiger partial charge in [0.1, 0.15) is 23.3 Å². The zero-order chi connectivity index (χ0) is 20.6. The summed E-state index contributed by atoms with van der Waals surface area (Å²) in [5, 5.41) is 3.31. The molecule has 7 nitrogen and oxygen atoms in total. The Morgan fingerprint density at radius 2 is 1.86 bits per heavy atom. The minimum atomic E-state index is -4.79. The van der Waals surface area contributed by atoms with Crippen molar-refractivity contribution in [1.82, 2.24) is 14.5 Å². The Morgan fingerprint density at radius 3 is 2.59 bits per heavy atom. The molecule has 1 amide bonds. The van der Waals surface area contributed by atoms with E-state index in [0.717, 1.165) is 27.6 Å². The summed E-state index contributed by atoms with van der Waals surface area (Å²) >= 11 is 0. The Labute approximate surface area is 160 Å². The van der Waals surface area contributed by atoms with Crippen LogP contribution in [0.2, 0.25) is 0 Å². The van der Waals surface area contributed by atoms with E-state index in [2.05, 4.69) is 20.0 Å². The maximum atomic E-state index is 12.7. The standard InChI is InChI=1S/C19H13F3N4O3/c20-19(21,22)29-12-7-5-11(6-8-12)24-15(27)9-26-10-23-16-13-3-1-2-4-14(13)25-17(16)18(26)28/h1-8,10,25H,9H2,(H,24,27). The molecule has 29 heavy (non-hydrogen) atoms. The Hall–Kier alpha value is -3.82. The number of para-hydroxylation sites is 1. The Morgan fingerprint density at radius 1 is 1.14 bits per heavy atom. The molecule has 0 aliphatic carbocycles. The minimum absolute atomic E-state index is 0.261. The molecule has 2 N–H and O–H groups in total. The van der Waals surface area contributed by atoms with E-state index in [1.807, 2.05) is 24.3 Å². The number of alkyl halides is 3. The summed E-state index contributed by atoms with van der Waals surface area (Å²) in [4.78, 5) is 32.2. The van der Waals surface area contributed by atoms with Crippen molar-refractivity contribution in [3.8, 4) is 5.75 Å². The highest BCUT2D eigenvalue weighted by Gasteiger charge is 2.30. The number of rotatable bonds is 4. The van der Waals surface area contributed by atoms with E-state index in [9.17, 15) is 22.8 Å². The highest BCUT2D eigenvalue weighted by atomic mass is 19.4. The lowest BCUT2D eigenvalue weighted by molar-refractivity contribution is -0.274. The van der Waals surface area contributed by atoms with Crippen LogP contribution in [0, 0.1) is 0 Å². The number of ether oxygens (including phenoxy) is 1. The van der Waals surface area contributed by atoms with Crippen LogP contribution >= 0.6 is 0 Å². The number of aromatic amines is 1. The molecule has 0 saturated carbocycles. The predicted octanol–water partition coefficient (Wildman–Crippen LogP) is 3.42. The lowest BCUT2D eigenvalue weighted by Crippen LogP contribution is -2.28. The molecule has 10 heteroatoms. The Kier molecular flexibility index (Phi) is 4.45. The molecule has 2 aromatic heterocycles. The van der Waals surface area contributed by atoms with Crippen LogP contribution in [0.4, 0.5) is 18.9 Å². The number of anilines is 1. The van der Waals surface area contributed by atoms with Crippen molar-refractivity contribution in [2.75, 3.05) is 5.32 Å². The van der Waals surface area contributed by atoms with Gasteiger partial charge in [-0.15, -0.1) is 13.2 Å². The van der Waals surface area contributed by atoms with Crippen molar-refractivity contribution in [3.63, 3.8) is 0 Å². The monoisotopic (exact) mass is 402 g/mol. The number of benzene rings is 2. The van der Waals surface area contributed by atoms with Gasteiger partial charge in [0.05, 0.1) is 6.33 Å². The molecule has 2 aromatic carbocycles. The Balaban J connectivity index is 1.51. The van der Waals surface area contributed by atoms with E-state index >= 15 is 0 Å². The van der Waals surface area contributed by atoms with Crippen LogP contribution in [-0.2, 0) is 11.3 Å². The first-order valence-corrected chi connectivity index (χ1v) is 8.42. The number of fused-ring (bicyclic) bond motifs is 3. The van der Waals surface area contributed by atoms with Crippen LogP contribution in [0.1, 0.15) is 0 Å². The van der Waals surface area contributed by atoms with E-state index < -0.39 is 23.6 Å². The number of nitrogens with zero attached hydrogens (tertiary/aromatic N) is 2. The molecule has 0 atom stereocenters. The van der Waals surface area contributed by atoms with Gasteiger partial charge in [0.25, 0.3) is 5.56 Å². The number of aromatic nitrogens is 3. The van der Waals surface area contributed by atoms with Gasteiger partial charge in [-0.2, -0.15) is 0 Å². The summed E-state index contributed by atoms with van der Waals surface area (Å²) in [5.74, 6) is -0.936. The molecule has 4 aromatic rings. The number of carbonyl (C=O) groups is 1. The zero-order valence-corrected chi connectivity index (χ0v) is 14.7. The van der Waals surface area contributed by atoms with E-state index in [1.54, 1.807) is 0 Å². The van der Waals surface area contributed by atoms with E-state index in [4.69, 9.17) is 0 Å². The molecule has 2 heterocycles. The summed E-state index contributed by atoms with van der Waals surface area (Å²) in [6, 6.07) is 12.0. The fraction of sp³-hybridized carbons (Fsp3) is 0.105. The lowest BCUT2D eigenvalue weighted by Gasteiger charge is -2.10. The van der Waals surface area contributed by atoms with Crippen LogP contribution in [0.25, 0.3) is 21.9 Å². The molecule has 0 fully saturated rings. The van der Waals surface area contributed by atoms with Crippen LogP contribution in [0.5, 0.6) is 5.75 Å². The number of hydrogen-bond donors (Lipinski definition) is 2. The zero-order valence-electron chi connectivity index (χ0n) is 14.7. The molecule has 0 aliphatic heterocycles. The van der Waals surface area contributed by atoms with Crippen molar-refractivity contribution >= 4 is 33.5 Å². The fourth-order valence-electron chi connectivity index (χ4n) is 2.95. The molecule has 0 bridgehead atoms. The van der Waals surface area contributed by atoms with Crippen molar-refractivity contribution < 1.29 is 22.7 Å². The highest BCUT2D eigenvalue weighted by Crippen LogP contribution is 2.24. The molecule has 0 radical (unpaired) electrons. The lowest BCUT2D eigenvalue weighted by atomic mass is 10.2. The third kappa shape index (κ3) is 3.91. The van der Waals surface area contributed by atoms with Gasteiger partial charge in [-0.25, -0.2) is 4.98 Å². The minimum Gasteiger partial charge on any atom is -0.406 e. The van der Waals surface area contributed by atoms with Crippen LogP contribution in [0.3, 0.4) is 0 Å². The number of amides is 1. The second-order valence-electron chi connectivity index (χ2n) is 6.19. The van der Waals surface area contributed by atoms with E-state index in [0.29, 0.717) is 5.52 Å². The second kappa shape index (κ2) is 6.97. The average molecular weight is 402 g/mol. The van der Waals surface area contributed by atoms with Gasteiger partial charge in [0.2, 0.25) is 5.91 Å². The number of nitrogens with one attached hydrogen (secondary N) is 2. The van der Waals surface area contributed by atoms with Crippen molar-refractivity contribution in [2.24, 2.45) is 0 Å². The van der Waals surface area contributed by atoms with Gasteiger partial charge < -0.3 is 15.0 Å². The van der Waals surface area contributed by atoms with Crippen molar-refractivity contribution in [1.29, 1.82) is 0 Å². The molecule has 0 spiro atoms. The Bertz CT molecular complexity index is 1260. The quantitative estimate of drug-likeness (QED) is 0.548. The van der Waals surface area contributed by atoms with Crippen LogP contribution < -0.4 is 15.6 Å². The summed E-state index contributed by atoms with van der Waals surface area (Å²) in [6.45, 7) is -0.308. The second-order valence-corrected chi connectivity index (χ2v) is 6.19. The van der Waals surface area contributed by atoms with Gasteiger partial charge in [-0.05, 0) is 30.3 Å². The summed E-state index contributed by atoms with van der Waals surface area (Å²) < 4.78 is 41.5. The molecular formula is C19H13F3N4O3. The number of hydrogen-bond acceptors (Lipinski definition) is 4. The van der Waals surface area contributed by atoms with E-state index in [1.165, 1.54) is 18.5 Å². The van der Waals surface area contributed by atoms with E-state index in [-0.39, 0.29) is 17.7 Å². The number of H-pyrrole nitrogens is 1. The molecular weight excluding hydrogens is 389 g/mol.